The van der Waals surface area contributed by atoms with Gasteiger partial charge in [0.2, 0.25) is 5.91 Å². The van der Waals surface area contributed by atoms with Crippen molar-refractivity contribution < 1.29 is 4.79 Å². The van der Waals surface area contributed by atoms with Gasteiger partial charge in [0.05, 0.1) is 11.5 Å². The molecule has 0 aliphatic carbocycles. The minimum Gasteiger partial charge on any atom is -0.393 e. The largest absolute Gasteiger partial charge is 0.393 e. The SMILES string of the molecule is CCN(CCC(N)=S)CC(=O)N(C)CC. The summed E-state index contributed by atoms with van der Waals surface area (Å²) in [6.07, 6.45) is 0.673. The molecule has 0 saturated heterocycles. The van der Waals surface area contributed by atoms with Crippen LogP contribution in [0.5, 0.6) is 0 Å². The summed E-state index contributed by atoms with van der Waals surface area (Å²) in [5, 5.41) is 0. The lowest BCUT2D eigenvalue weighted by atomic mass is 10.3. The summed E-state index contributed by atoms with van der Waals surface area (Å²) in [4.78, 5) is 15.9. The molecule has 0 heterocycles. The number of carbonyl (C=O) groups excluding carboxylic acids is 1. The molecule has 1 amide bonds. The Bertz CT molecular complexity index is 221. The Kier molecular flexibility index (Phi) is 7.25. The van der Waals surface area contributed by atoms with Gasteiger partial charge in [-0.15, -0.1) is 0 Å². The van der Waals surface area contributed by atoms with Gasteiger partial charge in [-0.1, -0.05) is 19.1 Å². The van der Waals surface area contributed by atoms with Gasteiger partial charge in [-0.05, 0) is 13.5 Å². The van der Waals surface area contributed by atoms with E-state index in [1.165, 1.54) is 0 Å². The fourth-order valence-corrected chi connectivity index (χ4v) is 1.20. The van der Waals surface area contributed by atoms with Crippen LogP contribution in [0.2, 0.25) is 0 Å². The molecule has 0 fully saturated rings. The molecule has 0 bridgehead atoms. The molecule has 15 heavy (non-hydrogen) atoms. The molecular formula is C10H21N3OS. The highest BCUT2D eigenvalue weighted by molar-refractivity contribution is 7.80. The second-order valence-electron chi connectivity index (χ2n) is 3.49. The number of likely N-dealkylation sites (N-methyl/N-ethyl adjacent to an activating group) is 2. The van der Waals surface area contributed by atoms with E-state index in [-0.39, 0.29) is 5.91 Å². The summed E-state index contributed by atoms with van der Waals surface area (Å²) in [7, 11) is 1.81. The molecule has 0 aromatic rings. The third-order valence-electron chi connectivity index (χ3n) is 2.38. The van der Waals surface area contributed by atoms with Crippen LogP contribution in [0, 0.1) is 0 Å². The predicted molar refractivity (Wildman–Crippen MR) is 66.8 cm³/mol. The molecule has 4 nitrogen and oxygen atoms in total. The monoisotopic (exact) mass is 231 g/mol. The van der Waals surface area contributed by atoms with Gasteiger partial charge in [0.1, 0.15) is 0 Å². The highest BCUT2D eigenvalue weighted by Crippen LogP contribution is 1.94. The predicted octanol–water partition coefficient (Wildman–Crippen LogP) is 0.463. The van der Waals surface area contributed by atoms with E-state index >= 15 is 0 Å². The molecule has 0 atom stereocenters. The number of amides is 1. The maximum atomic E-state index is 11.6. The van der Waals surface area contributed by atoms with Crippen LogP contribution in [-0.4, -0.2) is 53.9 Å². The van der Waals surface area contributed by atoms with Crippen LogP contribution < -0.4 is 5.73 Å². The minimum absolute atomic E-state index is 0.141. The van der Waals surface area contributed by atoms with Crippen molar-refractivity contribution in [1.29, 1.82) is 0 Å². The first-order valence-electron chi connectivity index (χ1n) is 5.25. The fraction of sp³-hybridized carbons (Fsp3) is 0.800. The molecule has 0 aromatic carbocycles. The van der Waals surface area contributed by atoms with Crippen molar-refractivity contribution in [1.82, 2.24) is 9.80 Å². The Balaban J connectivity index is 3.98. The summed E-state index contributed by atoms with van der Waals surface area (Å²) >= 11 is 4.81. The molecule has 0 aliphatic heterocycles. The number of thiocarbonyl (C=S) groups is 1. The summed E-state index contributed by atoms with van der Waals surface area (Å²) < 4.78 is 0. The van der Waals surface area contributed by atoms with Crippen LogP contribution in [0.4, 0.5) is 0 Å². The van der Waals surface area contributed by atoms with E-state index in [9.17, 15) is 4.79 Å². The lowest BCUT2D eigenvalue weighted by Crippen LogP contribution is -2.39. The normalized spacial score (nSPS) is 10.4. The number of carbonyl (C=O) groups is 1. The van der Waals surface area contributed by atoms with E-state index < -0.39 is 0 Å². The lowest BCUT2D eigenvalue weighted by Gasteiger charge is -2.22. The third kappa shape index (κ3) is 6.41. The van der Waals surface area contributed by atoms with Crippen molar-refractivity contribution in [3.05, 3.63) is 0 Å². The van der Waals surface area contributed by atoms with Gasteiger partial charge in [-0.25, -0.2) is 0 Å². The summed E-state index contributed by atoms with van der Waals surface area (Å²) in [5.41, 5.74) is 5.42. The standard InChI is InChI=1S/C10H21N3OS/c1-4-12(3)10(14)8-13(5-2)7-6-9(11)15/h4-8H2,1-3H3,(H2,11,15). The van der Waals surface area contributed by atoms with E-state index in [0.29, 0.717) is 18.0 Å². The number of nitrogens with two attached hydrogens (primary N) is 1. The van der Waals surface area contributed by atoms with Gasteiger partial charge in [0.25, 0.3) is 0 Å². The van der Waals surface area contributed by atoms with Gasteiger partial charge in [-0.2, -0.15) is 0 Å². The smallest absolute Gasteiger partial charge is 0.236 e. The van der Waals surface area contributed by atoms with Crippen LogP contribution in [0.3, 0.4) is 0 Å². The highest BCUT2D eigenvalue weighted by atomic mass is 32.1. The number of hydrogen-bond acceptors (Lipinski definition) is 3. The van der Waals surface area contributed by atoms with E-state index in [1.54, 1.807) is 4.90 Å². The Hall–Kier alpha value is -0.680. The molecule has 2 N–H and O–H groups in total. The Labute approximate surface area is 97.4 Å². The number of nitrogens with zero attached hydrogens (tertiary/aromatic N) is 2. The molecule has 0 rings (SSSR count). The maximum absolute atomic E-state index is 11.6. The number of hydrogen-bond donors (Lipinski definition) is 1. The van der Waals surface area contributed by atoms with Crippen molar-refractivity contribution in [2.24, 2.45) is 5.73 Å². The van der Waals surface area contributed by atoms with E-state index in [4.69, 9.17) is 18.0 Å². The Morgan fingerprint density at radius 1 is 1.33 bits per heavy atom. The second kappa shape index (κ2) is 7.59. The zero-order valence-corrected chi connectivity index (χ0v) is 10.6. The van der Waals surface area contributed by atoms with E-state index in [0.717, 1.165) is 19.6 Å². The Morgan fingerprint density at radius 2 is 1.93 bits per heavy atom. The van der Waals surface area contributed by atoms with Crippen molar-refractivity contribution in [2.75, 3.05) is 33.2 Å². The average Bonchev–Trinajstić information content (AvgIpc) is 2.22. The van der Waals surface area contributed by atoms with Gasteiger partial charge in [-0.3, -0.25) is 9.69 Å². The molecule has 5 heteroatoms. The zero-order valence-electron chi connectivity index (χ0n) is 9.82. The first kappa shape index (κ1) is 14.3. The van der Waals surface area contributed by atoms with Crippen LogP contribution in [0.15, 0.2) is 0 Å². The molecular weight excluding hydrogens is 210 g/mol. The molecule has 0 radical (unpaired) electrons. The van der Waals surface area contributed by atoms with Gasteiger partial charge >= 0.3 is 0 Å². The maximum Gasteiger partial charge on any atom is 0.236 e. The van der Waals surface area contributed by atoms with Crippen molar-refractivity contribution >= 4 is 23.1 Å². The van der Waals surface area contributed by atoms with E-state index in [1.807, 2.05) is 25.8 Å². The highest BCUT2D eigenvalue weighted by Gasteiger charge is 2.11. The molecule has 0 unspecified atom stereocenters. The van der Waals surface area contributed by atoms with Crippen molar-refractivity contribution in [3.63, 3.8) is 0 Å². The van der Waals surface area contributed by atoms with E-state index in [2.05, 4.69) is 0 Å². The fourth-order valence-electron chi connectivity index (χ4n) is 1.11. The minimum atomic E-state index is 0.141. The molecule has 0 saturated carbocycles. The number of rotatable bonds is 7. The molecule has 0 aliphatic rings. The van der Waals surface area contributed by atoms with Crippen molar-refractivity contribution in [2.45, 2.75) is 20.3 Å². The molecule has 0 spiro atoms. The topological polar surface area (TPSA) is 49.6 Å². The van der Waals surface area contributed by atoms with Gasteiger partial charge in [0, 0.05) is 26.6 Å². The molecule has 88 valence electrons. The third-order valence-corrected chi connectivity index (χ3v) is 2.58. The Morgan fingerprint density at radius 3 is 2.33 bits per heavy atom. The first-order valence-corrected chi connectivity index (χ1v) is 5.66. The summed E-state index contributed by atoms with van der Waals surface area (Å²) in [6, 6.07) is 0. The average molecular weight is 231 g/mol. The zero-order chi connectivity index (χ0) is 11.8. The molecule has 0 aromatic heterocycles. The first-order chi connectivity index (χ1) is 7.01. The van der Waals surface area contributed by atoms with Gasteiger partial charge in [0.15, 0.2) is 0 Å². The summed E-state index contributed by atoms with van der Waals surface area (Å²) in [6.45, 7) is 6.78. The van der Waals surface area contributed by atoms with Crippen LogP contribution in [0.25, 0.3) is 0 Å². The second-order valence-corrected chi connectivity index (χ2v) is 4.02. The lowest BCUT2D eigenvalue weighted by molar-refractivity contribution is -0.130. The van der Waals surface area contributed by atoms with Crippen molar-refractivity contribution in [3.8, 4) is 0 Å². The van der Waals surface area contributed by atoms with Crippen LogP contribution in [0.1, 0.15) is 20.3 Å². The summed E-state index contributed by atoms with van der Waals surface area (Å²) in [5.74, 6) is 0.141. The van der Waals surface area contributed by atoms with Gasteiger partial charge < -0.3 is 10.6 Å². The van der Waals surface area contributed by atoms with Crippen LogP contribution >= 0.6 is 12.2 Å². The van der Waals surface area contributed by atoms with Crippen LogP contribution in [-0.2, 0) is 4.79 Å². The quantitative estimate of drug-likeness (QED) is 0.647.